The highest BCUT2D eigenvalue weighted by molar-refractivity contribution is 9.10. The van der Waals surface area contributed by atoms with E-state index in [0.717, 1.165) is 4.47 Å². The van der Waals surface area contributed by atoms with Crippen LogP contribution in [-0.4, -0.2) is 0 Å². The lowest BCUT2D eigenvalue weighted by Crippen LogP contribution is -1.85. The third-order valence-corrected chi connectivity index (χ3v) is 1.65. The predicted molar refractivity (Wildman–Crippen MR) is 47.3 cm³/mol. The zero-order valence-corrected chi connectivity index (χ0v) is 7.25. The second kappa shape index (κ2) is 3.34. The topological polar surface area (TPSA) is 76.8 Å². The Hall–Kier alpha value is -1.10. The van der Waals surface area contributed by atoms with Crippen molar-refractivity contribution in [1.82, 2.24) is 0 Å². The molecule has 11 heavy (non-hydrogen) atoms. The summed E-state index contributed by atoms with van der Waals surface area (Å²) in [6.07, 6.45) is 0. The molecular weight excluding hydrogens is 208 g/mol. The van der Waals surface area contributed by atoms with Gasteiger partial charge in [0.2, 0.25) is 0 Å². The SMILES string of the molecule is NN=Nc1cc(Br)ccc1N. The van der Waals surface area contributed by atoms with Gasteiger partial charge in [0.15, 0.2) is 0 Å². The van der Waals surface area contributed by atoms with Crippen molar-refractivity contribution in [3.63, 3.8) is 0 Å². The number of anilines is 1. The largest absolute Gasteiger partial charge is 0.397 e. The van der Waals surface area contributed by atoms with Crippen molar-refractivity contribution in [2.24, 2.45) is 16.2 Å². The highest BCUT2D eigenvalue weighted by Crippen LogP contribution is 2.25. The Balaban J connectivity index is 3.12. The molecule has 0 aliphatic carbocycles. The molecule has 0 spiro atoms. The summed E-state index contributed by atoms with van der Waals surface area (Å²) < 4.78 is 0.897. The van der Waals surface area contributed by atoms with Gasteiger partial charge in [0.05, 0.1) is 5.69 Å². The molecule has 0 saturated carbocycles. The molecule has 5 heteroatoms. The van der Waals surface area contributed by atoms with Crippen molar-refractivity contribution in [2.45, 2.75) is 0 Å². The van der Waals surface area contributed by atoms with Crippen LogP contribution in [0.3, 0.4) is 0 Å². The second-order valence-corrected chi connectivity index (χ2v) is 2.83. The minimum Gasteiger partial charge on any atom is -0.397 e. The fraction of sp³-hybridized carbons (Fsp3) is 0. The van der Waals surface area contributed by atoms with Gasteiger partial charge in [-0.15, -0.1) is 5.11 Å². The molecule has 4 N–H and O–H groups in total. The molecule has 0 amide bonds. The Kier molecular flexibility index (Phi) is 2.43. The predicted octanol–water partition coefficient (Wildman–Crippen LogP) is 1.99. The minimum absolute atomic E-state index is 0.558. The van der Waals surface area contributed by atoms with Crippen LogP contribution in [-0.2, 0) is 0 Å². The van der Waals surface area contributed by atoms with Gasteiger partial charge in [0.1, 0.15) is 5.69 Å². The number of halogens is 1. The molecule has 0 heterocycles. The standard InChI is InChI=1S/C6H7BrN4/c7-4-1-2-5(8)6(3-4)10-11-9/h1-3H,8H2,(H2,9,10). The fourth-order valence-corrected chi connectivity index (χ4v) is 1.01. The maximum atomic E-state index is 5.55. The number of benzene rings is 1. The van der Waals surface area contributed by atoms with Gasteiger partial charge in [-0.3, -0.25) is 0 Å². The monoisotopic (exact) mass is 214 g/mol. The Morgan fingerprint density at radius 1 is 1.36 bits per heavy atom. The molecule has 0 aliphatic heterocycles. The average molecular weight is 215 g/mol. The third-order valence-electron chi connectivity index (χ3n) is 1.16. The molecule has 0 unspecified atom stereocenters. The molecule has 0 bridgehead atoms. The van der Waals surface area contributed by atoms with E-state index in [1.54, 1.807) is 12.1 Å². The van der Waals surface area contributed by atoms with E-state index in [4.69, 9.17) is 11.6 Å². The van der Waals surface area contributed by atoms with Gasteiger partial charge in [-0.1, -0.05) is 21.2 Å². The smallest absolute Gasteiger partial charge is 0.111 e. The number of hydrogen-bond acceptors (Lipinski definition) is 3. The molecule has 58 valence electrons. The van der Waals surface area contributed by atoms with Crippen molar-refractivity contribution in [2.75, 3.05) is 5.73 Å². The Morgan fingerprint density at radius 3 is 2.73 bits per heavy atom. The van der Waals surface area contributed by atoms with Crippen molar-refractivity contribution in [3.05, 3.63) is 22.7 Å². The molecule has 0 aromatic heterocycles. The summed E-state index contributed by atoms with van der Waals surface area (Å²) >= 11 is 3.27. The first kappa shape index (κ1) is 8.00. The van der Waals surface area contributed by atoms with Gasteiger partial charge >= 0.3 is 0 Å². The van der Waals surface area contributed by atoms with E-state index in [1.165, 1.54) is 0 Å². The van der Waals surface area contributed by atoms with Gasteiger partial charge in [0.25, 0.3) is 0 Å². The zero-order valence-electron chi connectivity index (χ0n) is 5.66. The van der Waals surface area contributed by atoms with E-state index in [-0.39, 0.29) is 0 Å². The number of nitrogen functional groups attached to an aromatic ring is 1. The fourth-order valence-electron chi connectivity index (χ4n) is 0.666. The summed E-state index contributed by atoms with van der Waals surface area (Å²) in [5.74, 6) is 4.87. The lowest BCUT2D eigenvalue weighted by Gasteiger charge is -1.97. The summed E-state index contributed by atoms with van der Waals surface area (Å²) in [6.45, 7) is 0. The van der Waals surface area contributed by atoms with Crippen LogP contribution in [0.5, 0.6) is 0 Å². The number of nitrogens with two attached hydrogens (primary N) is 2. The first-order valence-electron chi connectivity index (χ1n) is 2.90. The highest BCUT2D eigenvalue weighted by Gasteiger charge is 1.96. The average Bonchev–Trinajstić information content (AvgIpc) is 1.98. The normalized spacial score (nSPS) is 10.6. The highest BCUT2D eigenvalue weighted by atomic mass is 79.9. The molecule has 0 fully saturated rings. The van der Waals surface area contributed by atoms with Crippen molar-refractivity contribution >= 4 is 27.3 Å². The van der Waals surface area contributed by atoms with E-state index in [1.807, 2.05) is 6.07 Å². The lowest BCUT2D eigenvalue weighted by atomic mass is 10.3. The molecular formula is C6H7BrN4. The van der Waals surface area contributed by atoms with Gasteiger partial charge in [-0.2, -0.15) is 0 Å². The molecule has 0 radical (unpaired) electrons. The van der Waals surface area contributed by atoms with E-state index >= 15 is 0 Å². The second-order valence-electron chi connectivity index (χ2n) is 1.92. The van der Waals surface area contributed by atoms with E-state index in [9.17, 15) is 0 Å². The lowest BCUT2D eigenvalue weighted by molar-refractivity contribution is 1.06. The molecule has 1 rings (SSSR count). The van der Waals surface area contributed by atoms with Gasteiger partial charge < -0.3 is 11.6 Å². The number of nitrogens with zero attached hydrogens (tertiary/aromatic N) is 2. The zero-order chi connectivity index (χ0) is 8.27. The first-order chi connectivity index (χ1) is 5.24. The molecule has 0 saturated heterocycles. The number of hydrogen-bond donors (Lipinski definition) is 2. The van der Waals surface area contributed by atoms with E-state index in [2.05, 4.69) is 26.3 Å². The van der Waals surface area contributed by atoms with Crippen molar-refractivity contribution in [3.8, 4) is 0 Å². The maximum absolute atomic E-state index is 5.55. The third kappa shape index (κ3) is 1.91. The van der Waals surface area contributed by atoms with Crippen LogP contribution in [0.25, 0.3) is 0 Å². The van der Waals surface area contributed by atoms with Gasteiger partial charge in [-0.05, 0) is 18.2 Å². The summed E-state index contributed by atoms with van der Waals surface area (Å²) in [7, 11) is 0. The quantitative estimate of drug-likeness (QED) is 0.325. The summed E-state index contributed by atoms with van der Waals surface area (Å²) in [5, 5.41) is 6.75. The van der Waals surface area contributed by atoms with Crippen LogP contribution in [0.4, 0.5) is 11.4 Å². The summed E-state index contributed by atoms with van der Waals surface area (Å²) in [6, 6.07) is 5.30. The summed E-state index contributed by atoms with van der Waals surface area (Å²) in [4.78, 5) is 0. The van der Waals surface area contributed by atoms with Crippen LogP contribution < -0.4 is 11.6 Å². The summed E-state index contributed by atoms with van der Waals surface area (Å²) in [5.41, 5.74) is 6.67. The molecule has 1 aromatic rings. The van der Waals surface area contributed by atoms with Gasteiger partial charge in [-0.25, -0.2) is 0 Å². The molecule has 0 aliphatic rings. The van der Waals surface area contributed by atoms with Crippen LogP contribution in [0.1, 0.15) is 0 Å². The van der Waals surface area contributed by atoms with Crippen LogP contribution in [0.2, 0.25) is 0 Å². The van der Waals surface area contributed by atoms with Crippen LogP contribution in [0, 0.1) is 0 Å². The molecule has 1 aromatic carbocycles. The van der Waals surface area contributed by atoms with Gasteiger partial charge in [0, 0.05) is 4.47 Å². The Morgan fingerprint density at radius 2 is 2.09 bits per heavy atom. The van der Waals surface area contributed by atoms with Crippen molar-refractivity contribution in [1.29, 1.82) is 0 Å². The minimum atomic E-state index is 0.558. The van der Waals surface area contributed by atoms with Crippen LogP contribution in [0.15, 0.2) is 33.0 Å². The van der Waals surface area contributed by atoms with Crippen LogP contribution >= 0.6 is 15.9 Å². The maximum Gasteiger partial charge on any atom is 0.111 e. The number of rotatable bonds is 1. The molecule has 4 nitrogen and oxygen atoms in total. The molecule has 0 atom stereocenters. The van der Waals surface area contributed by atoms with Crippen molar-refractivity contribution < 1.29 is 0 Å². The Labute approximate surface area is 72.4 Å². The Bertz CT molecular complexity index is 284. The van der Waals surface area contributed by atoms with E-state index < -0.39 is 0 Å². The van der Waals surface area contributed by atoms with E-state index in [0.29, 0.717) is 11.4 Å². The first-order valence-corrected chi connectivity index (χ1v) is 3.69.